The summed E-state index contributed by atoms with van der Waals surface area (Å²) >= 11 is 1.60. The van der Waals surface area contributed by atoms with Crippen molar-refractivity contribution >= 4 is 23.0 Å². The lowest BCUT2D eigenvalue weighted by Crippen LogP contribution is -2.43. The van der Waals surface area contributed by atoms with E-state index in [9.17, 15) is 4.79 Å². The zero-order chi connectivity index (χ0) is 17.4. The molecule has 0 spiro atoms. The van der Waals surface area contributed by atoms with Gasteiger partial charge >= 0.3 is 5.97 Å². The SMILES string of the molecule is CC1CCN(C)C[C@@H]1OC(=O)Cc1cccs1.Nc1ccccc1. The smallest absolute Gasteiger partial charge is 0.311 e. The minimum atomic E-state index is -0.0976. The van der Waals surface area contributed by atoms with Gasteiger partial charge in [-0.15, -0.1) is 11.3 Å². The second-order valence-electron chi connectivity index (χ2n) is 6.22. The fourth-order valence-corrected chi connectivity index (χ4v) is 3.25. The Morgan fingerprint density at radius 2 is 2.04 bits per heavy atom. The molecule has 1 aliphatic heterocycles. The van der Waals surface area contributed by atoms with Crippen LogP contribution in [0.25, 0.3) is 0 Å². The molecule has 130 valence electrons. The number of nitrogens with two attached hydrogens (primary N) is 1. The van der Waals surface area contributed by atoms with Crippen LogP contribution < -0.4 is 5.73 Å². The Hall–Kier alpha value is -1.85. The quantitative estimate of drug-likeness (QED) is 0.683. The molecule has 5 heteroatoms. The summed E-state index contributed by atoms with van der Waals surface area (Å²) in [6.45, 7) is 4.12. The number of benzene rings is 1. The highest BCUT2D eigenvalue weighted by molar-refractivity contribution is 7.10. The average Bonchev–Trinajstić information content (AvgIpc) is 3.05. The van der Waals surface area contributed by atoms with E-state index in [1.807, 2.05) is 47.8 Å². The predicted octanol–water partition coefficient (Wildman–Crippen LogP) is 3.44. The maximum Gasteiger partial charge on any atom is 0.311 e. The highest BCUT2D eigenvalue weighted by Crippen LogP contribution is 2.20. The Balaban J connectivity index is 0.000000249. The highest BCUT2D eigenvalue weighted by atomic mass is 32.1. The van der Waals surface area contributed by atoms with Crippen molar-refractivity contribution in [2.75, 3.05) is 25.9 Å². The Kier molecular flexibility index (Phi) is 7.28. The van der Waals surface area contributed by atoms with Crippen molar-refractivity contribution in [3.63, 3.8) is 0 Å². The molecule has 1 aliphatic rings. The summed E-state index contributed by atoms with van der Waals surface area (Å²) in [6, 6.07) is 13.4. The molecular formula is C19H26N2O2S. The van der Waals surface area contributed by atoms with Gasteiger partial charge in [-0.3, -0.25) is 4.79 Å². The van der Waals surface area contributed by atoms with Gasteiger partial charge in [0.1, 0.15) is 6.10 Å². The van der Waals surface area contributed by atoms with E-state index in [4.69, 9.17) is 10.5 Å². The number of piperidine rings is 1. The van der Waals surface area contributed by atoms with Gasteiger partial charge in [0.2, 0.25) is 0 Å². The third-order valence-electron chi connectivity index (χ3n) is 4.07. The van der Waals surface area contributed by atoms with Crippen molar-refractivity contribution in [2.24, 2.45) is 5.92 Å². The van der Waals surface area contributed by atoms with Crippen LogP contribution in [0.3, 0.4) is 0 Å². The lowest BCUT2D eigenvalue weighted by molar-refractivity contribution is -0.153. The first-order chi connectivity index (χ1) is 11.5. The van der Waals surface area contributed by atoms with Crippen molar-refractivity contribution in [1.29, 1.82) is 0 Å². The van der Waals surface area contributed by atoms with E-state index in [2.05, 4.69) is 18.9 Å². The number of nitrogen functional groups attached to an aromatic ring is 1. The maximum atomic E-state index is 11.8. The largest absolute Gasteiger partial charge is 0.460 e. The fourth-order valence-electron chi connectivity index (χ4n) is 2.56. The number of carbonyl (C=O) groups is 1. The summed E-state index contributed by atoms with van der Waals surface area (Å²) in [5.74, 6) is 0.373. The molecule has 2 aromatic rings. The van der Waals surface area contributed by atoms with E-state index in [1.165, 1.54) is 0 Å². The van der Waals surface area contributed by atoms with Crippen molar-refractivity contribution in [3.05, 3.63) is 52.7 Å². The van der Waals surface area contributed by atoms with E-state index in [-0.39, 0.29) is 12.1 Å². The third kappa shape index (κ3) is 6.34. The lowest BCUT2D eigenvalue weighted by atomic mass is 9.96. The number of anilines is 1. The highest BCUT2D eigenvalue weighted by Gasteiger charge is 2.27. The van der Waals surface area contributed by atoms with Crippen molar-refractivity contribution in [3.8, 4) is 0 Å². The van der Waals surface area contributed by atoms with Crippen LogP contribution in [-0.2, 0) is 16.0 Å². The molecule has 0 radical (unpaired) electrons. The molecule has 0 bridgehead atoms. The molecule has 1 aromatic heterocycles. The number of nitrogens with zero attached hydrogens (tertiary/aromatic N) is 1. The monoisotopic (exact) mass is 346 g/mol. The maximum absolute atomic E-state index is 11.8. The van der Waals surface area contributed by atoms with Crippen LogP contribution in [0.4, 0.5) is 5.69 Å². The molecule has 2 atom stereocenters. The summed E-state index contributed by atoms with van der Waals surface area (Å²) in [7, 11) is 2.08. The van der Waals surface area contributed by atoms with Crippen LogP contribution in [0.1, 0.15) is 18.2 Å². The average molecular weight is 346 g/mol. The molecule has 1 aromatic carbocycles. The third-order valence-corrected chi connectivity index (χ3v) is 4.95. The Morgan fingerprint density at radius 3 is 2.62 bits per heavy atom. The van der Waals surface area contributed by atoms with Gasteiger partial charge in [-0.05, 0) is 49.5 Å². The van der Waals surface area contributed by atoms with Gasteiger partial charge in [0.25, 0.3) is 0 Å². The molecule has 0 aliphatic carbocycles. The van der Waals surface area contributed by atoms with Crippen LogP contribution in [0.2, 0.25) is 0 Å². The number of esters is 1. The Bertz CT molecular complexity index is 601. The number of para-hydroxylation sites is 1. The number of likely N-dealkylation sites (N-methyl/N-ethyl adjacent to an activating group) is 1. The molecule has 3 rings (SSSR count). The first-order valence-electron chi connectivity index (χ1n) is 8.25. The van der Waals surface area contributed by atoms with Crippen LogP contribution in [0.5, 0.6) is 0 Å². The van der Waals surface area contributed by atoms with Gasteiger partial charge in [-0.1, -0.05) is 31.2 Å². The van der Waals surface area contributed by atoms with E-state index >= 15 is 0 Å². The minimum absolute atomic E-state index is 0.0567. The molecule has 2 N–H and O–H groups in total. The molecule has 4 nitrogen and oxygen atoms in total. The number of ether oxygens (including phenoxy) is 1. The minimum Gasteiger partial charge on any atom is -0.460 e. The van der Waals surface area contributed by atoms with Gasteiger partial charge in [0.05, 0.1) is 6.42 Å². The molecule has 1 fully saturated rings. The van der Waals surface area contributed by atoms with Gasteiger partial charge in [-0.2, -0.15) is 0 Å². The van der Waals surface area contributed by atoms with Crippen LogP contribution in [0, 0.1) is 5.92 Å². The number of rotatable bonds is 3. The summed E-state index contributed by atoms with van der Waals surface area (Å²) < 4.78 is 5.57. The first kappa shape index (κ1) is 18.5. The van der Waals surface area contributed by atoms with E-state index in [0.717, 1.165) is 30.1 Å². The van der Waals surface area contributed by atoms with E-state index in [1.54, 1.807) is 11.3 Å². The van der Waals surface area contributed by atoms with Crippen molar-refractivity contribution < 1.29 is 9.53 Å². The molecular weight excluding hydrogens is 320 g/mol. The summed E-state index contributed by atoms with van der Waals surface area (Å²) in [4.78, 5) is 15.1. The summed E-state index contributed by atoms with van der Waals surface area (Å²) in [5, 5.41) is 1.99. The number of thiophene rings is 1. The summed E-state index contributed by atoms with van der Waals surface area (Å²) in [6.07, 6.45) is 1.57. The number of carbonyl (C=O) groups excluding carboxylic acids is 1. The molecule has 24 heavy (non-hydrogen) atoms. The van der Waals surface area contributed by atoms with Gasteiger partial charge in [0, 0.05) is 17.1 Å². The van der Waals surface area contributed by atoms with Gasteiger partial charge < -0.3 is 15.4 Å². The number of hydrogen-bond acceptors (Lipinski definition) is 5. The lowest BCUT2D eigenvalue weighted by Gasteiger charge is -2.34. The standard InChI is InChI=1S/C13H19NO2S.C6H7N/c1-10-5-6-14(2)9-12(10)16-13(15)8-11-4-3-7-17-11;7-6-4-2-1-3-5-6/h3-4,7,10,12H,5-6,8-9H2,1-2H3;1-5H,7H2/t10?,12-;/m0./s1. The normalized spacial score (nSPS) is 20.8. The van der Waals surface area contributed by atoms with Crippen LogP contribution in [-0.4, -0.2) is 37.1 Å². The Labute approximate surface area is 148 Å². The predicted molar refractivity (Wildman–Crippen MR) is 100 cm³/mol. The van der Waals surface area contributed by atoms with Gasteiger partial charge in [0.15, 0.2) is 0 Å². The van der Waals surface area contributed by atoms with Crippen LogP contribution >= 0.6 is 11.3 Å². The number of likely N-dealkylation sites (tertiary alicyclic amines) is 1. The molecule has 0 amide bonds. The van der Waals surface area contributed by atoms with Crippen LogP contribution in [0.15, 0.2) is 47.8 Å². The fraction of sp³-hybridized carbons (Fsp3) is 0.421. The second-order valence-corrected chi connectivity index (χ2v) is 7.26. The van der Waals surface area contributed by atoms with E-state index in [0.29, 0.717) is 12.3 Å². The van der Waals surface area contributed by atoms with Gasteiger partial charge in [-0.25, -0.2) is 0 Å². The van der Waals surface area contributed by atoms with E-state index < -0.39 is 0 Å². The molecule has 1 unspecified atom stereocenters. The Morgan fingerprint density at radius 1 is 1.29 bits per heavy atom. The summed E-state index contributed by atoms with van der Waals surface area (Å²) in [5.41, 5.74) is 6.18. The topological polar surface area (TPSA) is 55.6 Å². The molecule has 2 heterocycles. The number of hydrogen-bond donors (Lipinski definition) is 1. The molecule has 0 saturated carbocycles. The molecule has 1 saturated heterocycles. The second kappa shape index (κ2) is 9.45. The van der Waals surface area contributed by atoms with Crippen molar-refractivity contribution in [1.82, 2.24) is 4.90 Å². The zero-order valence-electron chi connectivity index (χ0n) is 14.4. The zero-order valence-corrected chi connectivity index (χ0v) is 15.2. The van der Waals surface area contributed by atoms with Crippen molar-refractivity contribution in [2.45, 2.75) is 25.9 Å². The first-order valence-corrected chi connectivity index (χ1v) is 9.13.